The van der Waals surface area contributed by atoms with Crippen molar-refractivity contribution in [2.45, 2.75) is 11.8 Å². The molecule has 0 aliphatic carbocycles. The van der Waals surface area contributed by atoms with Gasteiger partial charge in [-0.25, -0.2) is 17.8 Å². The van der Waals surface area contributed by atoms with Crippen molar-refractivity contribution < 1.29 is 17.5 Å². The number of rotatable bonds is 6. The van der Waals surface area contributed by atoms with Crippen molar-refractivity contribution in [3.05, 3.63) is 66.2 Å². The van der Waals surface area contributed by atoms with Crippen LogP contribution in [0.15, 0.2) is 59.5 Å². The molecule has 0 saturated carbocycles. The smallest absolute Gasteiger partial charge is 0.261 e. The Morgan fingerprint density at radius 2 is 1.59 bits per heavy atom. The highest BCUT2D eigenvalue weighted by atomic mass is 32.2. The molecule has 3 rings (SSSR count). The van der Waals surface area contributed by atoms with E-state index in [1.807, 2.05) is 0 Å². The summed E-state index contributed by atoms with van der Waals surface area (Å²) in [6, 6.07) is 12.9. The lowest BCUT2D eigenvalue weighted by Crippen LogP contribution is -2.12. The quantitative estimate of drug-likeness (QED) is 0.672. The number of aryl methyl sites for hydroxylation is 1. The summed E-state index contributed by atoms with van der Waals surface area (Å²) < 4.78 is 45.1. The number of nitrogens with one attached hydrogen (secondary N) is 2. The van der Waals surface area contributed by atoms with Crippen molar-refractivity contribution in [3.8, 4) is 5.88 Å². The summed E-state index contributed by atoms with van der Waals surface area (Å²) in [6.07, 6.45) is 0. The van der Waals surface area contributed by atoms with Gasteiger partial charge in [-0.2, -0.15) is 4.98 Å². The van der Waals surface area contributed by atoms with Crippen molar-refractivity contribution in [1.82, 2.24) is 9.97 Å². The number of ether oxygens (including phenoxy) is 1. The van der Waals surface area contributed by atoms with Gasteiger partial charge in [0.05, 0.1) is 12.0 Å². The summed E-state index contributed by atoms with van der Waals surface area (Å²) in [6.45, 7) is 1.75. The van der Waals surface area contributed by atoms with Crippen LogP contribution in [0.4, 0.5) is 21.6 Å². The normalized spacial score (nSPS) is 11.1. The molecule has 0 radical (unpaired) electrons. The third kappa shape index (κ3) is 4.70. The van der Waals surface area contributed by atoms with Crippen LogP contribution in [0.5, 0.6) is 5.88 Å². The molecule has 0 bridgehead atoms. The van der Waals surface area contributed by atoms with Crippen molar-refractivity contribution in [1.29, 1.82) is 0 Å². The van der Waals surface area contributed by atoms with E-state index in [0.29, 0.717) is 28.9 Å². The Hall–Kier alpha value is -3.20. The van der Waals surface area contributed by atoms with Gasteiger partial charge in [0, 0.05) is 17.4 Å². The number of anilines is 3. The number of nitrogens with zero attached hydrogens (tertiary/aromatic N) is 2. The number of sulfonamides is 1. The molecule has 0 spiro atoms. The highest BCUT2D eigenvalue weighted by molar-refractivity contribution is 7.92. The Morgan fingerprint density at radius 1 is 0.963 bits per heavy atom. The number of methoxy groups -OCH3 is 1. The van der Waals surface area contributed by atoms with Crippen LogP contribution in [0.25, 0.3) is 0 Å². The fourth-order valence-corrected chi connectivity index (χ4v) is 3.36. The summed E-state index contributed by atoms with van der Waals surface area (Å²) in [4.78, 5) is 8.35. The lowest BCUT2D eigenvalue weighted by Gasteiger charge is -2.10. The second kappa shape index (κ2) is 7.58. The first kappa shape index (κ1) is 18.6. The SMILES string of the molecule is COc1cc(Nc2ccc(NS(=O)(=O)c3ccc(F)cc3)cc2)nc(C)n1. The Kier molecular flexibility index (Phi) is 5.22. The molecule has 0 saturated heterocycles. The number of halogens is 1. The zero-order valence-electron chi connectivity index (χ0n) is 14.6. The van der Waals surface area contributed by atoms with E-state index in [9.17, 15) is 12.8 Å². The summed E-state index contributed by atoms with van der Waals surface area (Å²) in [7, 11) is -2.27. The van der Waals surface area contributed by atoms with Gasteiger partial charge in [0.25, 0.3) is 10.0 Å². The largest absolute Gasteiger partial charge is 0.481 e. The Morgan fingerprint density at radius 3 is 2.22 bits per heavy atom. The van der Waals surface area contributed by atoms with E-state index in [-0.39, 0.29) is 4.90 Å². The van der Waals surface area contributed by atoms with Gasteiger partial charge in [-0.1, -0.05) is 0 Å². The van der Waals surface area contributed by atoms with Gasteiger partial charge in [0.1, 0.15) is 17.5 Å². The molecule has 0 atom stereocenters. The minimum atomic E-state index is -3.79. The topological polar surface area (TPSA) is 93.2 Å². The molecule has 27 heavy (non-hydrogen) atoms. The van der Waals surface area contributed by atoms with Gasteiger partial charge in [-0.3, -0.25) is 4.72 Å². The summed E-state index contributed by atoms with van der Waals surface area (Å²) in [5.74, 6) is 1.05. The van der Waals surface area contributed by atoms with Gasteiger partial charge in [0.2, 0.25) is 5.88 Å². The molecule has 0 fully saturated rings. The van der Waals surface area contributed by atoms with Crippen molar-refractivity contribution in [2.24, 2.45) is 0 Å². The standard InChI is InChI=1S/C18H17FN4O3S/c1-12-20-17(11-18(21-12)26-2)22-14-5-7-15(8-6-14)23-27(24,25)16-9-3-13(19)4-10-16/h3-11,23H,1-2H3,(H,20,21,22). The third-order valence-corrected chi connectivity index (χ3v) is 4.95. The highest BCUT2D eigenvalue weighted by Crippen LogP contribution is 2.22. The third-order valence-electron chi connectivity index (χ3n) is 3.56. The molecule has 0 aliphatic rings. The monoisotopic (exact) mass is 388 g/mol. The van der Waals surface area contributed by atoms with Crippen LogP contribution in [0.1, 0.15) is 5.82 Å². The molecule has 2 aromatic carbocycles. The molecular formula is C18H17FN4O3S. The van der Waals surface area contributed by atoms with Crippen LogP contribution >= 0.6 is 0 Å². The first-order chi connectivity index (χ1) is 12.9. The Labute approximate surface area is 156 Å². The molecule has 2 N–H and O–H groups in total. The van der Waals surface area contributed by atoms with Gasteiger partial charge in [-0.15, -0.1) is 0 Å². The van der Waals surface area contributed by atoms with E-state index >= 15 is 0 Å². The minimum Gasteiger partial charge on any atom is -0.481 e. The number of hydrogen-bond acceptors (Lipinski definition) is 6. The number of hydrogen-bond donors (Lipinski definition) is 2. The lowest BCUT2D eigenvalue weighted by atomic mass is 10.3. The lowest BCUT2D eigenvalue weighted by molar-refractivity contribution is 0.396. The first-order valence-corrected chi connectivity index (χ1v) is 9.39. The molecule has 7 nitrogen and oxygen atoms in total. The predicted molar refractivity (Wildman–Crippen MR) is 100 cm³/mol. The van der Waals surface area contributed by atoms with Crippen LogP contribution in [-0.2, 0) is 10.0 Å². The van der Waals surface area contributed by atoms with Gasteiger partial charge >= 0.3 is 0 Å². The van der Waals surface area contributed by atoms with E-state index in [1.165, 1.54) is 19.2 Å². The molecule has 0 amide bonds. The average molecular weight is 388 g/mol. The van der Waals surface area contributed by atoms with Crippen LogP contribution in [0, 0.1) is 12.7 Å². The molecule has 0 unspecified atom stereocenters. The number of benzene rings is 2. The zero-order chi connectivity index (χ0) is 19.4. The van der Waals surface area contributed by atoms with Crippen molar-refractivity contribution in [2.75, 3.05) is 17.1 Å². The fraction of sp³-hybridized carbons (Fsp3) is 0.111. The molecular weight excluding hydrogens is 371 g/mol. The second-order valence-electron chi connectivity index (χ2n) is 5.60. The predicted octanol–water partition coefficient (Wildman–Crippen LogP) is 3.48. The molecule has 0 aliphatic heterocycles. The maximum absolute atomic E-state index is 13.0. The molecule has 9 heteroatoms. The molecule has 1 heterocycles. The zero-order valence-corrected chi connectivity index (χ0v) is 15.4. The van der Waals surface area contributed by atoms with Gasteiger partial charge in [0.15, 0.2) is 0 Å². The molecule has 140 valence electrons. The van der Waals surface area contributed by atoms with Crippen molar-refractivity contribution in [3.63, 3.8) is 0 Å². The molecule has 3 aromatic rings. The molecule has 1 aromatic heterocycles. The number of aromatic nitrogens is 2. The first-order valence-electron chi connectivity index (χ1n) is 7.91. The van der Waals surface area contributed by atoms with Crippen LogP contribution in [0.2, 0.25) is 0 Å². The van der Waals surface area contributed by atoms with Gasteiger partial charge in [-0.05, 0) is 55.5 Å². The Balaban J connectivity index is 1.73. The fourth-order valence-electron chi connectivity index (χ4n) is 2.31. The van der Waals surface area contributed by atoms with Crippen LogP contribution in [0.3, 0.4) is 0 Å². The van der Waals surface area contributed by atoms with E-state index in [2.05, 4.69) is 20.0 Å². The van der Waals surface area contributed by atoms with E-state index in [1.54, 1.807) is 37.3 Å². The van der Waals surface area contributed by atoms with E-state index in [0.717, 1.165) is 12.1 Å². The average Bonchev–Trinajstić information content (AvgIpc) is 2.63. The Bertz CT molecular complexity index is 1040. The maximum Gasteiger partial charge on any atom is 0.261 e. The minimum absolute atomic E-state index is 0.0188. The van der Waals surface area contributed by atoms with E-state index < -0.39 is 15.8 Å². The van der Waals surface area contributed by atoms with Crippen LogP contribution < -0.4 is 14.8 Å². The van der Waals surface area contributed by atoms with Gasteiger partial charge < -0.3 is 10.1 Å². The van der Waals surface area contributed by atoms with E-state index in [4.69, 9.17) is 4.74 Å². The second-order valence-corrected chi connectivity index (χ2v) is 7.29. The summed E-state index contributed by atoms with van der Waals surface area (Å²) >= 11 is 0. The van der Waals surface area contributed by atoms with Crippen molar-refractivity contribution >= 4 is 27.2 Å². The highest BCUT2D eigenvalue weighted by Gasteiger charge is 2.14. The maximum atomic E-state index is 13.0. The summed E-state index contributed by atoms with van der Waals surface area (Å²) in [5, 5.41) is 3.10. The summed E-state index contributed by atoms with van der Waals surface area (Å²) in [5.41, 5.74) is 1.08. The van der Waals surface area contributed by atoms with Crippen LogP contribution in [-0.4, -0.2) is 25.5 Å².